The van der Waals surface area contributed by atoms with Gasteiger partial charge in [0.15, 0.2) is 12.2 Å². The summed E-state index contributed by atoms with van der Waals surface area (Å²) in [6.45, 7) is -0.0950. The van der Waals surface area contributed by atoms with Crippen molar-refractivity contribution in [2.45, 2.75) is 11.5 Å². The third-order valence-electron chi connectivity index (χ3n) is 4.41. The maximum Gasteiger partial charge on any atom is 0.339 e. The third kappa shape index (κ3) is 5.14. The largest absolute Gasteiger partial charge is 0.452 e. The van der Waals surface area contributed by atoms with E-state index in [4.69, 9.17) is 14.4 Å². The van der Waals surface area contributed by atoms with E-state index >= 15 is 0 Å². The van der Waals surface area contributed by atoms with Crippen molar-refractivity contribution in [1.82, 2.24) is 4.98 Å². The highest BCUT2D eigenvalue weighted by molar-refractivity contribution is 8.00. The molecule has 1 amide bonds. The van der Waals surface area contributed by atoms with Gasteiger partial charge >= 0.3 is 5.97 Å². The number of carbonyl (C=O) groups is 2. The molecule has 0 aliphatic heterocycles. The molecule has 0 saturated carbocycles. The molecule has 0 radical (unpaired) electrons. The Balaban J connectivity index is 1.36. The number of carbonyl (C=O) groups excluding carboxylic acids is 2. The van der Waals surface area contributed by atoms with E-state index in [0.29, 0.717) is 38.7 Å². The lowest BCUT2D eigenvalue weighted by molar-refractivity contribution is -0.113. The number of rotatable bonds is 7. The fourth-order valence-electron chi connectivity index (χ4n) is 2.95. The molecule has 0 bridgehead atoms. The van der Waals surface area contributed by atoms with Crippen molar-refractivity contribution < 1.29 is 18.7 Å². The van der Waals surface area contributed by atoms with E-state index in [0.717, 1.165) is 0 Å². The number of hydrogen-bond acceptors (Lipinski definition) is 7. The Morgan fingerprint density at radius 1 is 1.06 bits per heavy atom. The smallest absolute Gasteiger partial charge is 0.339 e. The maximum atomic E-state index is 12.6. The standard InChI is InChI=1S/C24H17N3O4S/c25-13-16-6-5-7-17(12-16)26-22(28)15-32-21-11-4-1-8-18(21)24(29)30-14-23-27-19-9-2-3-10-20(19)31-23/h1-12H,14-15H2,(H,26,28). The van der Waals surface area contributed by atoms with Crippen molar-refractivity contribution in [3.8, 4) is 6.07 Å². The second-order valence-electron chi connectivity index (χ2n) is 6.68. The van der Waals surface area contributed by atoms with Gasteiger partial charge in [-0.1, -0.05) is 30.3 Å². The summed E-state index contributed by atoms with van der Waals surface area (Å²) >= 11 is 1.22. The Bertz CT molecular complexity index is 1290. The van der Waals surface area contributed by atoms with Crippen LogP contribution in [-0.2, 0) is 16.1 Å². The number of esters is 1. The van der Waals surface area contributed by atoms with Crippen LogP contribution in [0.25, 0.3) is 11.1 Å². The molecule has 0 unspecified atom stereocenters. The van der Waals surface area contributed by atoms with Gasteiger partial charge in [-0.25, -0.2) is 9.78 Å². The zero-order valence-corrected chi connectivity index (χ0v) is 17.6. The Morgan fingerprint density at radius 2 is 1.88 bits per heavy atom. The number of aromatic nitrogens is 1. The Morgan fingerprint density at radius 3 is 2.72 bits per heavy atom. The van der Waals surface area contributed by atoms with Crippen LogP contribution in [0.2, 0.25) is 0 Å². The van der Waals surface area contributed by atoms with Crippen LogP contribution < -0.4 is 5.32 Å². The number of nitrogens with zero attached hydrogens (tertiary/aromatic N) is 2. The number of oxazole rings is 1. The van der Waals surface area contributed by atoms with Crippen LogP contribution in [0, 0.1) is 11.3 Å². The van der Waals surface area contributed by atoms with E-state index in [1.807, 2.05) is 24.3 Å². The van der Waals surface area contributed by atoms with E-state index in [2.05, 4.69) is 10.3 Å². The average Bonchev–Trinajstić information content (AvgIpc) is 3.24. The van der Waals surface area contributed by atoms with Crippen molar-refractivity contribution in [2.24, 2.45) is 0 Å². The summed E-state index contributed by atoms with van der Waals surface area (Å²) in [7, 11) is 0. The lowest BCUT2D eigenvalue weighted by Gasteiger charge is -2.09. The summed E-state index contributed by atoms with van der Waals surface area (Å²) in [5.74, 6) is -0.382. The van der Waals surface area contributed by atoms with Crippen molar-refractivity contribution in [2.75, 3.05) is 11.1 Å². The van der Waals surface area contributed by atoms with Crippen LogP contribution in [-0.4, -0.2) is 22.6 Å². The lowest BCUT2D eigenvalue weighted by atomic mass is 10.2. The molecule has 7 nitrogen and oxygen atoms in total. The van der Waals surface area contributed by atoms with Gasteiger partial charge in [-0.05, 0) is 42.5 Å². The van der Waals surface area contributed by atoms with Crippen LogP contribution in [0.3, 0.4) is 0 Å². The van der Waals surface area contributed by atoms with Gasteiger partial charge in [0.1, 0.15) is 5.52 Å². The Hall–Kier alpha value is -4.09. The third-order valence-corrected chi connectivity index (χ3v) is 5.48. The topological polar surface area (TPSA) is 105 Å². The predicted molar refractivity (Wildman–Crippen MR) is 120 cm³/mol. The van der Waals surface area contributed by atoms with E-state index < -0.39 is 5.97 Å². The monoisotopic (exact) mass is 443 g/mol. The highest BCUT2D eigenvalue weighted by Crippen LogP contribution is 2.24. The fraction of sp³-hybridized carbons (Fsp3) is 0.0833. The SMILES string of the molecule is N#Cc1cccc(NC(=O)CSc2ccccc2C(=O)OCc2nc3ccccc3o2)c1. The molecule has 1 heterocycles. The van der Waals surface area contributed by atoms with Crippen molar-refractivity contribution in [3.05, 3.63) is 89.8 Å². The number of amides is 1. The summed E-state index contributed by atoms with van der Waals surface area (Å²) in [4.78, 5) is 29.8. The van der Waals surface area contributed by atoms with Gasteiger partial charge in [0.25, 0.3) is 0 Å². The number of nitrogens with one attached hydrogen (secondary N) is 1. The number of para-hydroxylation sites is 2. The van der Waals surface area contributed by atoms with Crippen LogP contribution in [0.4, 0.5) is 5.69 Å². The number of benzene rings is 3. The summed E-state index contributed by atoms with van der Waals surface area (Å²) in [5, 5.41) is 11.7. The van der Waals surface area contributed by atoms with E-state index in [-0.39, 0.29) is 18.3 Å². The first-order valence-corrected chi connectivity index (χ1v) is 10.6. The molecule has 158 valence electrons. The number of thioether (sulfide) groups is 1. The molecule has 3 aromatic carbocycles. The van der Waals surface area contributed by atoms with Gasteiger partial charge in [0.2, 0.25) is 11.8 Å². The molecule has 4 aromatic rings. The zero-order chi connectivity index (χ0) is 22.3. The van der Waals surface area contributed by atoms with Gasteiger partial charge in [-0.15, -0.1) is 11.8 Å². The first kappa shape index (κ1) is 21.2. The van der Waals surface area contributed by atoms with Crippen LogP contribution in [0.1, 0.15) is 21.8 Å². The highest BCUT2D eigenvalue weighted by atomic mass is 32.2. The molecule has 0 fully saturated rings. The minimum absolute atomic E-state index is 0.0895. The summed E-state index contributed by atoms with van der Waals surface area (Å²) in [5.41, 5.74) is 2.68. The summed E-state index contributed by atoms with van der Waals surface area (Å²) in [6, 6.07) is 22.9. The molecule has 4 rings (SSSR count). The molecule has 32 heavy (non-hydrogen) atoms. The Labute approximate surface area is 188 Å². The fourth-order valence-corrected chi connectivity index (χ4v) is 3.80. The van der Waals surface area contributed by atoms with Gasteiger partial charge in [0.05, 0.1) is 22.9 Å². The van der Waals surface area contributed by atoms with Crippen molar-refractivity contribution >= 4 is 40.4 Å². The van der Waals surface area contributed by atoms with Crippen molar-refractivity contribution in [3.63, 3.8) is 0 Å². The molecule has 0 aliphatic carbocycles. The number of fused-ring (bicyclic) bond motifs is 1. The molecule has 1 N–H and O–H groups in total. The van der Waals surface area contributed by atoms with Gasteiger partial charge in [-0.3, -0.25) is 4.79 Å². The highest BCUT2D eigenvalue weighted by Gasteiger charge is 2.16. The van der Waals surface area contributed by atoms with E-state index in [1.54, 1.807) is 54.6 Å². The quantitative estimate of drug-likeness (QED) is 0.323. The maximum absolute atomic E-state index is 12.6. The Kier molecular flexibility index (Phi) is 6.49. The molecule has 0 atom stereocenters. The number of ether oxygens (including phenoxy) is 1. The zero-order valence-electron chi connectivity index (χ0n) is 16.8. The van der Waals surface area contributed by atoms with Crippen LogP contribution >= 0.6 is 11.8 Å². The number of nitriles is 1. The average molecular weight is 443 g/mol. The molecule has 0 saturated heterocycles. The van der Waals surface area contributed by atoms with Crippen LogP contribution in [0.5, 0.6) is 0 Å². The second kappa shape index (κ2) is 9.81. The van der Waals surface area contributed by atoms with Gasteiger partial charge < -0.3 is 14.5 Å². The summed E-state index contributed by atoms with van der Waals surface area (Å²) in [6.07, 6.45) is 0. The normalized spacial score (nSPS) is 10.5. The molecule has 1 aromatic heterocycles. The number of hydrogen-bond donors (Lipinski definition) is 1. The lowest BCUT2D eigenvalue weighted by Crippen LogP contribution is -2.14. The molecule has 0 aliphatic rings. The number of anilines is 1. The van der Waals surface area contributed by atoms with Gasteiger partial charge in [0, 0.05) is 10.6 Å². The van der Waals surface area contributed by atoms with Crippen molar-refractivity contribution in [1.29, 1.82) is 5.26 Å². The van der Waals surface area contributed by atoms with E-state index in [9.17, 15) is 9.59 Å². The molecule has 8 heteroatoms. The second-order valence-corrected chi connectivity index (χ2v) is 7.69. The minimum Gasteiger partial charge on any atom is -0.452 e. The first-order valence-electron chi connectivity index (χ1n) is 9.66. The predicted octanol–water partition coefficient (Wildman–Crippen LogP) is 4.79. The molecule has 0 spiro atoms. The molecular weight excluding hydrogens is 426 g/mol. The van der Waals surface area contributed by atoms with Crippen LogP contribution in [0.15, 0.2) is 82.1 Å². The molecular formula is C24H17N3O4S. The van der Waals surface area contributed by atoms with Gasteiger partial charge in [-0.2, -0.15) is 5.26 Å². The minimum atomic E-state index is -0.530. The summed E-state index contributed by atoms with van der Waals surface area (Å²) < 4.78 is 10.9. The first-order chi connectivity index (χ1) is 15.6. The van der Waals surface area contributed by atoms with E-state index in [1.165, 1.54) is 11.8 Å².